The molecule has 2 N–H and O–H groups in total. The number of esters is 1. The van der Waals surface area contributed by atoms with Crippen LogP contribution < -0.4 is 5.73 Å². The first-order valence-corrected chi connectivity index (χ1v) is 8.94. The van der Waals surface area contributed by atoms with E-state index in [1.54, 1.807) is 0 Å². The summed E-state index contributed by atoms with van der Waals surface area (Å²) in [4.78, 5) is 14.3. The molecule has 0 radical (unpaired) electrons. The Hall–Kier alpha value is -1.39. The predicted molar refractivity (Wildman–Crippen MR) is 98.2 cm³/mol. The number of hydrogen-bond donors (Lipinski definition) is 1. The number of benzene rings is 1. The molecule has 1 aliphatic rings. The molecule has 0 bridgehead atoms. The van der Waals surface area contributed by atoms with Crippen molar-refractivity contribution in [3.05, 3.63) is 35.4 Å². The van der Waals surface area contributed by atoms with Crippen LogP contribution in [0.1, 0.15) is 50.0 Å². The Morgan fingerprint density at radius 2 is 2.17 bits per heavy atom. The summed E-state index contributed by atoms with van der Waals surface area (Å²) in [6, 6.07) is 8.14. The average Bonchev–Trinajstić information content (AvgIpc) is 2.57. The smallest absolute Gasteiger partial charge is 0.337 e. The lowest BCUT2D eigenvalue weighted by Gasteiger charge is -2.46. The van der Waals surface area contributed by atoms with Crippen molar-refractivity contribution in [3.63, 3.8) is 0 Å². The summed E-state index contributed by atoms with van der Waals surface area (Å²) >= 11 is 0. The second-order valence-corrected chi connectivity index (χ2v) is 7.81. The quantitative estimate of drug-likeness (QED) is 0.842. The number of piperidine rings is 1. The standard InChI is InChI=1S/C20H32N2O2/c1-14(2)18(21)13-22-10-9-20(4,15(3)12-22)17-8-6-7-16(11-17)19(23)24-5/h6-8,11,14-15,18H,9-10,12-13,21H2,1-5H3/t15-,18?,20+/m0/s1. The fourth-order valence-electron chi connectivity index (χ4n) is 3.54. The molecular formula is C20H32N2O2. The van der Waals surface area contributed by atoms with Gasteiger partial charge in [0.05, 0.1) is 12.7 Å². The van der Waals surface area contributed by atoms with Gasteiger partial charge >= 0.3 is 5.97 Å². The van der Waals surface area contributed by atoms with E-state index >= 15 is 0 Å². The molecule has 0 spiro atoms. The SMILES string of the molecule is COC(=O)c1cccc([C@]2(C)CCN(CC(N)C(C)C)C[C@@H]2C)c1. The van der Waals surface area contributed by atoms with E-state index in [2.05, 4.69) is 38.7 Å². The largest absolute Gasteiger partial charge is 0.465 e. The summed E-state index contributed by atoms with van der Waals surface area (Å²) in [5.41, 5.74) is 8.18. The third-order valence-electron chi connectivity index (χ3n) is 5.84. The highest BCUT2D eigenvalue weighted by atomic mass is 16.5. The zero-order valence-corrected chi connectivity index (χ0v) is 15.7. The number of ether oxygens (including phenoxy) is 1. The summed E-state index contributed by atoms with van der Waals surface area (Å²) < 4.78 is 4.86. The first-order valence-electron chi connectivity index (χ1n) is 8.94. The monoisotopic (exact) mass is 332 g/mol. The van der Waals surface area contributed by atoms with Crippen molar-refractivity contribution >= 4 is 5.97 Å². The van der Waals surface area contributed by atoms with E-state index in [1.165, 1.54) is 12.7 Å². The molecule has 24 heavy (non-hydrogen) atoms. The molecule has 1 saturated heterocycles. The van der Waals surface area contributed by atoms with Gasteiger partial charge in [0, 0.05) is 19.1 Å². The van der Waals surface area contributed by atoms with Gasteiger partial charge in [-0.3, -0.25) is 0 Å². The van der Waals surface area contributed by atoms with Gasteiger partial charge < -0.3 is 15.4 Å². The molecule has 1 aliphatic heterocycles. The maximum absolute atomic E-state index is 11.8. The lowest BCUT2D eigenvalue weighted by Crippen LogP contribution is -2.51. The molecule has 0 aromatic heterocycles. The number of rotatable bonds is 5. The molecule has 1 aromatic rings. The van der Waals surface area contributed by atoms with E-state index in [0.29, 0.717) is 17.4 Å². The Morgan fingerprint density at radius 3 is 2.75 bits per heavy atom. The molecular weight excluding hydrogens is 300 g/mol. The zero-order chi connectivity index (χ0) is 17.9. The van der Waals surface area contributed by atoms with Crippen molar-refractivity contribution in [1.82, 2.24) is 4.90 Å². The molecule has 0 aliphatic carbocycles. The predicted octanol–water partition coefficient (Wildman–Crippen LogP) is 3.06. The van der Waals surface area contributed by atoms with Gasteiger partial charge in [-0.1, -0.05) is 39.8 Å². The number of nitrogens with two attached hydrogens (primary N) is 1. The second kappa shape index (κ2) is 7.66. The number of nitrogens with zero attached hydrogens (tertiary/aromatic N) is 1. The number of carbonyl (C=O) groups excluding carboxylic acids is 1. The van der Waals surface area contributed by atoms with Crippen LogP contribution in [-0.2, 0) is 10.2 Å². The van der Waals surface area contributed by atoms with E-state index in [0.717, 1.165) is 26.1 Å². The average molecular weight is 332 g/mol. The third kappa shape index (κ3) is 3.98. The van der Waals surface area contributed by atoms with Crippen molar-refractivity contribution < 1.29 is 9.53 Å². The molecule has 1 aromatic carbocycles. The Bertz CT molecular complexity index is 573. The Morgan fingerprint density at radius 1 is 1.46 bits per heavy atom. The van der Waals surface area contributed by atoms with Gasteiger partial charge in [0.25, 0.3) is 0 Å². The van der Waals surface area contributed by atoms with E-state index < -0.39 is 0 Å². The number of hydrogen-bond acceptors (Lipinski definition) is 4. The molecule has 4 heteroatoms. The van der Waals surface area contributed by atoms with Crippen molar-refractivity contribution in [3.8, 4) is 0 Å². The zero-order valence-electron chi connectivity index (χ0n) is 15.7. The normalized spacial score (nSPS) is 26.4. The topological polar surface area (TPSA) is 55.6 Å². The molecule has 1 fully saturated rings. The molecule has 4 nitrogen and oxygen atoms in total. The summed E-state index contributed by atoms with van der Waals surface area (Å²) in [5.74, 6) is 0.734. The van der Waals surface area contributed by atoms with Crippen LogP contribution in [-0.4, -0.2) is 43.7 Å². The van der Waals surface area contributed by atoms with Gasteiger partial charge in [-0.05, 0) is 47.9 Å². The van der Waals surface area contributed by atoms with E-state index in [9.17, 15) is 4.79 Å². The molecule has 1 unspecified atom stereocenters. The molecule has 2 rings (SSSR count). The molecule has 0 amide bonds. The van der Waals surface area contributed by atoms with E-state index in [1.807, 2.05) is 18.2 Å². The van der Waals surface area contributed by atoms with Crippen molar-refractivity contribution in [2.75, 3.05) is 26.7 Å². The fourth-order valence-corrected chi connectivity index (χ4v) is 3.54. The fraction of sp³-hybridized carbons (Fsp3) is 0.650. The lowest BCUT2D eigenvalue weighted by atomic mass is 9.67. The van der Waals surface area contributed by atoms with Crippen LogP contribution >= 0.6 is 0 Å². The van der Waals surface area contributed by atoms with Crippen LogP contribution in [0.2, 0.25) is 0 Å². The molecule has 134 valence electrons. The summed E-state index contributed by atoms with van der Waals surface area (Å²) in [6.45, 7) is 12.0. The lowest BCUT2D eigenvalue weighted by molar-refractivity contribution is 0.0600. The maximum atomic E-state index is 11.8. The van der Waals surface area contributed by atoms with Gasteiger partial charge in [-0.15, -0.1) is 0 Å². The minimum absolute atomic E-state index is 0.0719. The van der Waals surface area contributed by atoms with Gasteiger partial charge in [-0.2, -0.15) is 0 Å². The Kier molecular flexibility index (Phi) is 6.05. The molecule has 3 atom stereocenters. The van der Waals surface area contributed by atoms with Crippen LogP contribution in [0.4, 0.5) is 0 Å². The minimum Gasteiger partial charge on any atom is -0.465 e. The number of likely N-dealkylation sites (tertiary alicyclic amines) is 1. The molecule has 1 heterocycles. The highest BCUT2D eigenvalue weighted by Gasteiger charge is 2.38. The van der Waals surface area contributed by atoms with Crippen LogP contribution in [0.3, 0.4) is 0 Å². The van der Waals surface area contributed by atoms with Crippen LogP contribution in [0.5, 0.6) is 0 Å². The summed E-state index contributed by atoms with van der Waals surface area (Å²) in [7, 11) is 1.43. The van der Waals surface area contributed by atoms with Crippen LogP contribution in [0.25, 0.3) is 0 Å². The maximum Gasteiger partial charge on any atom is 0.337 e. The highest BCUT2D eigenvalue weighted by molar-refractivity contribution is 5.89. The van der Waals surface area contributed by atoms with Gasteiger partial charge in [-0.25, -0.2) is 4.79 Å². The van der Waals surface area contributed by atoms with Gasteiger partial charge in [0.2, 0.25) is 0 Å². The summed E-state index contributed by atoms with van der Waals surface area (Å²) in [6.07, 6.45) is 1.07. The van der Waals surface area contributed by atoms with Crippen molar-refractivity contribution in [2.24, 2.45) is 17.6 Å². The molecule has 0 saturated carbocycles. The van der Waals surface area contributed by atoms with E-state index in [4.69, 9.17) is 10.5 Å². The van der Waals surface area contributed by atoms with Gasteiger partial charge in [0.1, 0.15) is 0 Å². The van der Waals surface area contributed by atoms with Gasteiger partial charge in [0.15, 0.2) is 0 Å². The minimum atomic E-state index is -0.270. The summed E-state index contributed by atoms with van der Waals surface area (Å²) in [5, 5.41) is 0. The Labute approximate surface area is 146 Å². The second-order valence-electron chi connectivity index (χ2n) is 7.81. The van der Waals surface area contributed by atoms with Crippen LogP contribution in [0, 0.1) is 11.8 Å². The number of methoxy groups -OCH3 is 1. The van der Waals surface area contributed by atoms with Crippen LogP contribution in [0.15, 0.2) is 24.3 Å². The van der Waals surface area contributed by atoms with Crippen molar-refractivity contribution in [2.45, 2.75) is 45.6 Å². The highest BCUT2D eigenvalue weighted by Crippen LogP contribution is 2.39. The Balaban J connectivity index is 2.13. The van der Waals surface area contributed by atoms with Crippen molar-refractivity contribution in [1.29, 1.82) is 0 Å². The third-order valence-corrected chi connectivity index (χ3v) is 5.84. The number of carbonyl (C=O) groups is 1. The van der Waals surface area contributed by atoms with E-state index in [-0.39, 0.29) is 17.4 Å². The first-order chi connectivity index (χ1) is 11.3. The first kappa shape index (κ1) is 18.9.